The molecule has 0 spiro atoms. The van der Waals surface area contributed by atoms with Crippen molar-refractivity contribution in [3.8, 4) is 5.75 Å². The lowest BCUT2D eigenvalue weighted by molar-refractivity contribution is 0.195. The number of ether oxygens (including phenoxy) is 1. The molecular formula is C17H29NO2. The highest BCUT2D eigenvalue weighted by molar-refractivity contribution is 5.33. The normalized spacial score (nSPS) is 13.6. The molecule has 0 saturated heterocycles. The van der Waals surface area contributed by atoms with E-state index in [0.29, 0.717) is 0 Å². The van der Waals surface area contributed by atoms with Crippen molar-refractivity contribution in [3.63, 3.8) is 0 Å². The van der Waals surface area contributed by atoms with Gasteiger partial charge in [0.1, 0.15) is 5.75 Å². The molecule has 2 N–H and O–H groups in total. The first kappa shape index (κ1) is 17.0. The zero-order chi connectivity index (χ0) is 15.2. The van der Waals surface area contributed by atoms with E-state index in [2.05, 4.69) is 32.2 Å². The fraction of sp³-hybridized carbons (Fsp3) is 0.647. The highest BCUT2D eigenvalue weighted by Crippen LogP contribution is 2.24. The minimum absolute atomic E-state index is 0.122. The van der Waals surface area contributed by atoms with Gasteiger partial charge in [-0.3, -0.25) is 0 Å². The average Bonchev–Trinajstić information content (AvgIpc) is 2.34. The van der Waals surface area contributed by atoms with Crippen molar-refractivity contribution in [1.29, 1.82) is 0 Å². The Bertz CT molecular complexity index is 396. The molecule has 0 aromatic heterocycles. The van der Waals surface area contributed by atoms with E-state index in [4.69, 9.17) is 4.74 Å². The van der Waals surface area contributed by atoms with Crippen molar-refractivity contribution in [2.24, 2.45) is 5.41 Å². The van der Waals surface area contributed by atoms with E-state index in [9.17, 15) is 5.11 Å². The maximum Gasteiger partial charge on any atom is 0.124 e. The summed E-state index contributed by atoms with van der Waals surface area (Å²) in [6.07, 6.45) is 0.934. The number of para-hydroxylation sites is 1. The maximum absolute atomic E-state index is 9.21. The fourth-order valence-corrected chi connectivity index (χ4v) is 2.22. The average molecular weight is 279 g/mol. The minimum atomic E-state index is 0.122. The molecule has 0 heterocycles. The van der Waals surface area contributed by atoms with Crippen molar-refractivity contribution < 1.29 is 9.84 Å². The standard InChI is InChI=1S/C17H29NO2/c1-13(2)20-15-9-7-6-8-14(15)12-18-16(10-11-19)17(3,4)5/h6-9,13,16,18-19H,10-12H2,1-5H3. The number of aliphatic hydroxyl groups excluding tert-OH is 1. The predicted molar refractivity (Wildman–Crippen MR) is 84.0 cm³/mol. The van der Waals surface area contributed by atoms with Crippen molar-refractivity contribution in [3.05, 3.63) is 29.8 Å². The number of benzene rings is 1. The molecule has 0 aliphatic carbocycles. The van der Waals surface area contributed by atoms with E-state index in [1.807, 2.05) is 32.0 Å². The van der Waals surface area contributed by atoms with Crippen LogP contribution >= 0.6 is 0 Å². The fourth-order valence-electron chi connectivity index (χ4n) is 2.22. The van der Waals surface area contributed by atoms with Crippen LogP contribution < -0.4 is 10.1 Å². The van der Waals surface area contributed by atoms with Crippen LogP contribution in [0.1, 0.15) is 46.6 Å². The molecule has 0 aliphatic rings. The Hall–Kier alpha value is -1.06. The first-order chi connectivity index (χ1) is 9.34. The molecule has 0 amide bonds. The molecular weight excluding hydrogens is 250 g/mol. The number of rotatable bonds is 7. The maximum atomic E-state index is 9.21. The molecule has 1 rings (SSSR count). The van der Waals surface area contributed by atoms with E-state index in [0.717, 1.165) is 24.3 Å². The predicted octanol–water partition coefficient (Wildman–Crippen LogP) is 3.36. The lowest BCUT2D eigenvalue weighted by Crippen LogP contribution is -2.40. The Morgan fingerprint density at radius 1 is 1.20 bits per heavy atom. The van der Waals surface area contributed by atoms with Gasteiger partial charge in [0.15, 0.2) is 0 Å². The van der Waals surface area contributed by atoms with Crippen LogP contribution in [0.15, 0.2) is 24.3 Å². The SMILES string of the molecule is CC(C)Oc1ccccc1CNC(CCO)C(C)(C)C. The number of nitrogens with one attached hydrogen (secondary N) is 1. The van der Waals surface area contributed by atoms with Crippen molar-refractivity contribution in [1.82, 2.24) is 5.32 Å². The van der Waals surface area contributed by atoms with Crippen LogP contribution in [-0.4, -0.2) is 23.9 Å². The van der Waals surface area contributed by atoms with Crippen LogP contribution in [0.25, 0.3) is 0 Å². The molecule has 1 aromatic rings. The molecule has 3 heteroatoms. The molecule has 1 unspecified atom stereocenters. The molecule has 0 aliphatic heterocycles. The van der Waals surface area contributed by atoms with Gasteiger partial charge in [-0.25, -0.2) is 0 Å². The van der Waals surface area contributed by atoms with Crippen molar-refractivity contribution in [2.75, 3.05) is 6.61 Å². The van der Waals surface area contributed by atoms with Crippen LogP contribution in [0, 0.1) is 5.41 Å². The van der Waals surface area contributed by atoms with Crippen molar-refractivity contribution in [2.45, 2.75) is 59.7 Å². The Kier molecular flexibility index (Phi) is 6.50. The molecule has 0 saturated carbocycles. The number of hydrogen-bond donors (Lipinski definition) is 2. The lowest BCUT2D eigenvalue weighted by atomic mass is 9.85. The summed E-state index contributed by atoms with van der Waals surface area (Å²) in [7, 11) is 0. The summed E-state index contributed by atoms with van der Waals surface area (Å²) in [5, 5.41) is 12.8. The molecule has 114 valence electrons. The van der Waals surface area contributed by atoms with E-state index >= 15 is 0 Å². The van der Waals surface area contributed by atoms with Crippen LogP contribution in [0.2, 0.25) is 0 Å². The van der Waals surface area contributed by atoms with Gasteiger partial charge in [0.25, 0.3) is 0 Å². The monoisotopic (exact) mass is 279 g/mol. The highest BCUT2D eigenvalue weighted by Gasteiger charge is 2.23. The third-order valence-electron chi connectivity index (χ3n) is 3.34. The van der Waals surface area contributed by atoms with Gasteiger partial charge in [0.05, 0.1) is 6.10 Å². The zero-order valence-electron chi connectivity index (χ0n) is 13.4. The molecule has 0 radical (unpaired) electrons. The summed E-state index contributed by atoms with van der Waals surface area (Å²) in [4.78, 5) is 0. The lowest BCUT2D eigenvalue weighted by Gasteiger charge is -2.31. The molecule has 1 atom stereocenters. The molecule has 0 fully saturated rings. The van der Waals surface area contributed by atoms with E-state index in [1.54, 1.807) is 0 Å². The second-order valence-electron chi connectivity index (χ2n) is 6.59. The van der Waals surface area contributed by atoms with Gasteiger partial charge in [0, 0.05) is 24.8 Å². The topological polar surface area (TPSA) is 41.5 Å². The smallest absolute Gasteiger partial charge is 0.124 e. The van der Waals surface area contributed by atoms with Crippen LogP contribution in [0.3, 0.4) is 0 Å². The Labute approximate surface area is 123 Å². The zero-order valence-corrected chi connectivity index (χ0v) is 13.4. The third-order valence-corrected chi connectivity index (χ3v) is 3.34. The van der Waals surface area contributed by atoms with Gasteiger partial charge in [-0.2, -0.15) is 0 Å². The highest BCUT2D eigenvalue weighted by atomic mass is 16.5. The summed E-state index contributed by atoms with van der Waals surface area (Å²) < 4.78 is 5.83. The largest absolute Gasteiger partial charge is 0.491 e. The second-order valence-corrected chi connectivity index (χ2v) is 6.59. The van der Waals surface area contributed by atoms with Crippen molar-refractivity contribution >= 4 is 0 Å². The van der Waals surface area contributed by atoms with E-state index < -0.39 is 0 Å². The number of hydrogen-bond acceptors (Lipinski definition) is 3. The van der Waals surface area contributed by atoms with Gasteiger partial charge in [-0.15, -0.1) is 0 Å². The molecule has 3 nitrogen and oxygen atoms in total. The van der Waals surface area contributed by atoms with E-state index in [-0.39, 0.29) is 24.2 Å². The summed E-state index contributed by atoms with van der Waals surface area (Å²) in [5.74, 6) is 0.937. The second kappa shape index (κ2) is 7.65. The summed E-state index contributed by atoms with van der Waals surface area (Å²) >= 11 is 0. The quantitative estimate of drug-likeness (QED) is 0.804. The minimum Gasteiger partial charge on any atom is -0.491 e. The summed E-state index contributed by atoms with van der Waals surface area (Å²) in [5.41, 5.74) is 1.28. The molecule has 0 bridgehead atoms. The van der Waals surface area contributed by atoms with Gasteiger partial charge in [-0.1, -0.05) is 39.0 Å². The van der Waals surface area contributed by atoms with Gasteiger partial charge in [0.2, 0.25) is 0 Å². The van der Waals surface area contributed by atoms with Crippen LogP contribution in [0.5, 0.6) is 5.75 Å². The number of aliphatic hydroxyl groups is 1. The van der Waals surface area contributed by atoms with Gasteiger partial charge < -0.3 is 15.2 Å². The first-order valence-corrected chi connectivity index (χ1v) is 7.43. The summed E-state index contributed by atoms with van der Waals surface area (Å²) in [6, 6.07) is 8.40. The van der Waals surface area contributed by atoms with Gasteiger partial charge >= 0.3 is 0 Å². The van der Waals surface area contributed by atoms with Gasteiger partial charge in [-0.05, 0) is 31.7 Å². The molecule has 1 aromatic carbocycles. The molecule has 20 heavy (non-hydrogen) atoms. The third kappa shape index (κ3) is 5.51. The van der Waals surface area contributed by atoms with Crippen LogP contribution in [0.4, 0.5) is 0 Å². The Morgan fingerprint density at radius 2 is 1.85 bits per heavy atom. The Morgan fingerprint density at radius 3 is 2.40 bits per heavy atom. The first-order valence-electron chi connectivity index (χ1n) is 7.43. The van der Waals surface area contributed by atoms with Crippen LogP contribution in [-0.2, 0) is 6.54 Å². The van der Waals surface area contributed by atoms with E-state index in [1.165, 1.54) is 0 Å². The summed E-state index contributed by atoms with van der Waals surface area (Å²) in [6.45, 7) is 11.6. The Balaban J connectivity index is 2.72.